The number of anilines is 1. The number of rotatable bonds is 5. The number of ketones is 1. The highest BCUT2D eigenvalue weighted by molar-refractivity contribution is 6.01. The lowest BCUT2D eigenvalue weighted by Gasteiger charge is -2.27. The van der Waals surface area contributed by atoms with E-state index in [0.29, 0.717) is 61.4 Å². The standard InChI is InChI=1S/C23H23N5O3/c1-3-18(29)20-15(2)19-21(31-20)22(27-11-13-30-14-12-27)25-23(24-19)28-10-9-17(26-28)16-7-5-4-6-8-16/h4-10H,3,11-14H2,1-2H3. The van der Waals surface area contributed by atoms with Gasteiger partial charge in [-0.1, -0.05) is 37.3 Å². The molecule has 8 nitrogen and oxygen atoms in total. The maximum atomic E-state index is 12.4. The average molecular weight is 417 g/mol. The zero-order valence-corrected chi connectivity index (χ0v) is 17.5. The number of aryl methyl sites for hydroxylation is 1. The number of aromatic nitrogens is 4. The molecule has 8 heteroatoms. The molecule has 4 heterocycles. The molecule has 1 aromatic carbocycles. The fourth-order valence-corrected chi connectivity index (χ4v) is 3.78. The van der Waals surface area contributed by atoms with Crippen LogP contribution >= 0.6 is 0 Å². The molecule has 3 aromatic heterocycles. The number of benzene rings is 1. The van der Waals surface area contributed by atoms with E-state index in [4.69, 9.17) is 19.1 Å². The van der Waals surface area contributed by atoms with E-state index >= 15 is 0 Å². The van der Waals surface area contributed by atoms with E-state index in [-0.39, 0.29) is 5.78 Å². The third-order valence-corrected chi connectivity index (χ3v) is 5.48. The molecule has 0 aliphatic carbocycles. The van der Waals surface area contributed by atoms with Crippen LogP contribution in [0.4, 0.5) is 5.82 Å². The Labute approximate surface area is 179 Å². The van der Waals surface area contributed by atoms with E-state index in [1.165, 1.54) is 0 Å². The van der Waals surface area contributed by atoms with Gasteiger partial charge in [-0.3, -0.25) is 4.79 Å². The molecule has 0 N–H and O–H groups in total. The summed E-state index contributed by atoms with van der Waals surface area (Å²) in [6.45, 7) is 6.30. The summed E-state index contributed by atoms with van der Waals surface area (Å²) >= 11 is 0. The summed E-state index contributed by atoms with van der Waals surface area (Å²) in [7, 11) is 0. The van der Waals surface area contributed by atoms with Crippen molar-refractivity contribution in [3.05, 3.63) is 53.9 Å². The van der Waals surface area contributed by atoms with E-state index in [2.05, 4.69) is 10.00 Å². The largest absolute Gasteiger partial charge is 0.447 e. The minimum Gasteiger partial charge on any atom is -0.447 e. The van der Waals surface area contributed by atoms with Gasteiger partial charge in [0.2, 0.25) is 0 Å². The predicted molar refractivity (Wildman–Crippen MR) is 117 cm³/mol. The van der Waals surface area contributed by atoms with Gasteiger partial charge in [-0.25, -0.2) is 9.67 Å². The molecule has 0 atom stereocenters. The van der Waals surface area contributed by atoms with Crippen LogP contribution < -0.4 is 4.90 Å². The molecule has 1 saturated heterocycles. The Balaban J connectivity index is 1.66. The molecular formula is C23H23N5O3. The molecule has 158 valence electrons. The molecule has 0 radical (unpaired) electrons. The summed E-state index contributed by atoms with van der Waals surface area (Å²) in [5, 5.41) is 4.68. The number of carbonyl (C=O) groups is 1. The minimum absolute atomic E-state index is 0.0459. The normalized spacial score (nSPS) is 14.3. The molecule has 0 spiro atoms. The van der Waals surface area contributed by atoms with Crippen molar-refractivity contribution >= 4 is 22.7 Å². The summed E-state index contributed by atoms with van der Waals surface area (Å²) in [6, 6.07) is 11.9. The third-order valence-electron chi connectivity index (χ3n) is 5.48. The molecule has 1 aliphatic heterocycles. The van der Waals surface area contributed by atoms with Gasteiger partial charge in [-0.15, -0.1) is 0 Å². The topological polar surface area (TPSA) is 86.3 Å². The van der Waals surface area contributed by atoms with Crippen molar-refractivity contribution in [2.75, 3.05) is 31.2 Å². The Hall–Kier alpha value is -3.52. The van der Waals surface area contributed by atoms with Crippen molar-refractivity contribution in [2.45, 2.75) is 20.3 Å². The summed E-state index contributed by atoms with van der Waals surface area (Å²) in [4.78, 5) is 24.1. The Kier molecular flexibility index (Phi) is 4.99. The third kappa shape index (κ3) is 3.48. The second-order valence-corrected chi connectivity index (χ2v) is 7.47. The lowest BCUT2D eigenvalue weighted by molar-refractivity contribution is 0.0962. The molecular weight excluding hydrogens is 394 g/mol. The number of carbonyl (C=O) groups excluding carboxylic acids is 1. The SMILES string of the molecule is CCC(=O)c1oc2c(N3CCOCC3)nc(-n3ccc(-c4ccccc4)n3)nc2c1C. The van der Waals surface area contributed by atoms with Gasteiger partial charge in [-0.2, -0.15) is 10.1 Å². The van der Waals surface area contributed by atoms with Crippen LogP contribution in [0.1, 0.15) is 29.5 Å². The maximum absolute atomic E-state index is 12.4. The molecule has 1 fully saturated rings. The van der Waals surface area contributed by atoms with Gasteiger partial charge >= 0.3 is 0 Å². The van der Waals surface area contributed by atoms with Crippen molar-refractivity contribution in [3.8, 4) is 17.2 Å². The minimum atomic E-state index is -0.0459. The number of Topliss-reactive ketones (excluding diaryl/α,β-unsaturated/α-hetero) is 1. The molecule has 31 heavy (non-hydrogen) atoms. The van der Waals surface area contributed by atoms with E-state index in [1.807, 2.05) is 56.4 Å². The average Bonchev–Trinajstić information content (AvgIpc) is 3.45. The van der Waals surface area contributed by atoms with Crippen LogP contribution in [0, 0.1) is 6.92 Å². The van der Waals surface area contributed by atoms with Crippen LogP contribution in [0.3, 0.4) is 0 Å². The van der Waals surface area contributed by atoms with Gasteiger partial charge in [0.1, 0.15) is 5.52 Å². The van der Waals surface area contributed by atoms with E-state index in [1.54, 1.807) is 4.68 Å². The van der Waals surface area contributed by atoms with Gasteiger partial charge in [-0.05, 0) is 13.0 Å². The van der Waals surface area contributed by atoms with Crippen LogP contribution in [-0.2, 0) is 4.74 Å². The number of ether oxygens (including phenoxy) is 1. The summed E-state index contributed by atoms with van der Waals surface area (Å²) < 4.78 is 13.2. The number of nitrogens with zero attached hydrogens (tertiary/aromatic N) is 5. The van der Waals surface area contributed by atoms with Crippen LogP contribution in [0.2, 0.25) is 0 Å². The first-order valence-electron chi connectivity index (χ1n) is 10.4. The smallest absolute Gasteiger partial charge is 0.253 e. The predicted octanol–water partition coefficient (Wildman–Crippen LogP) is 3.81. The summed E-state index contributed by atoms with van der Waals surface area (Å²) in [6.07, 6.45) is 2.22. The first-order chi connectivity index (χ1) is 15.2. The van der Waals surface area contributed by atoms with Crippen molar-refractivity contribution in [2.24, 2.45) is 0 Å². The second kappa shape index (κ2) is 7.96. The van der Waals surface area contributed by atoms with Gasteiger partial charge in [0, 0.05) is 36.8 Å². The Morgan fingerprint density at radius 3 is 2.61 bits per heavy atom. The molecule has 0 amide bonds. The van der Waals surface area contributed by atoms with Gasteiger partial charge < -0.3 is 14.1 Å². The number of morpholine rings is 1. The number of hydrogen-bond donors (Lipinski definition) is 0. The van der Waals surface area contributed by atoms with Crippen LogP contribution in [0.5, 0.6) is 0 Å². The molecule has 1 aliphatic rings. The zero-order chi connectivity index (χ0) is 21.4. The maximum Gasteiger partial charge on any atom is 0.253 e. The molecule has 0 unspecified atom stereocenters. The number of fused-ring (bicyclic) bond motifs is 1. The Morgan fingerprint density at radius 2 is 1.87 bits per heavy atom. The highest BCUT2D eigenvalue weighted by Gasteiger charge is 2.25. The quantitative estimate of drug-likeness (QED) is 0.456. The number of furan rings is 1. The second-order valence-electron chi connectivity index (χ2n) is 7.47. The Morgan fingerprint density at radius 1 is 1.10 bits per heavy atom. The molecule has 4 aromatic rings. The van der Waals surface area contributed by atoms with Crippen LogP contribution in [0.15, 0.2) is 47.0 Å². The van der Waals surface area contributed by atoms with E-state index < -0.39 is 0 Å². The zero-order valence-electron chi connectivity index (χ0n) is 17.5. The fraction of sp³-hybridized carbons (Fsp3) is 0.304. The van der Waals surface area contributed by atoms with Crippen molar-refractivity contribution in [3.63, 3.8) is 0 Å². The van der Waals surface area contributed by atoms with E-state index in [9.17, 15) is 4.79 Å². The van der Waals surface area contributed by atoms with Crippen LogP contribution in [-0.4, -0.2) is 51.8 Å². The van der Waals surface area contributed by atoms with Crippen molar-refractivity contribution in [1.82, 2.24) is 19.7 Å². The molecule has 5 rings (SSSR count). The highest BCUT2D eigenvalue weighted by atomic mass is 16.5. The Bertz CT molecular complexity index is 1240. The van der Waals surface area contributed by atoms with Crippen molar-refractivity contribution in [1.29, 1.82) is 0 Å². The first kappa shape index (κ1) is 19.4. The lowest BCUT2D eigenvalue weighted by Crippen LogP contribution is -2.37. The summed E-state index contributed by atoms with van der Waals surface area (Å²) in [5.74, 6) is 1.41. The number of hydrogen-bond acceptors (Lipinski definition) is 7. The molecule has 0 saturated carbocycles. The molecule has 0 bridgehead atoms. The summed E-state index contributed by atoms with van der Waals surface area (Å²) in [5.41, 5.74) is 3.76. The fourth-order valence-electron chi connectivity index (χ4n) is 3.78. The highest BCUT2D eigenvalue weighted by Crippen LogP contribution is 2.32. The lowest BCUT2D eigenvalue weighted by atomic mass is 10.1. The van der Waals surface area contributed by atoms with Crippen LogP contribution in [0.25, 0.3) is 28.3 Å². The van der Waals surface area contributed by atoms with Gasteiger partial charge in [0.15, 0.2) is 22.9 Å². The van der Waals surface area contributed by atoms with E-state index in [0.717, 1.165) is 16.8 Å². The monoisotopic (exact) mass is 417 g/mol. The van der Waals surface area contributed by atoms with Gasteiger partial charge in [0.05, 0.1) is 18.9 Å². The van der Waals surface area contributed by atoms with Crippen molar-refractivity contribution < 1.29 is 13.9 Å². The van der Waals surface area contributed by atoms with Gasteiger partial charge in [0.25, 0.3) is 5.95 Å². The first-order valence-corrected chi connectivity index (χ1v) is 10.4.